The van der Waals surface area contributed by atoms with Crippen LogP contribution in [0.3, 0.4) is 0 Å². The van der Waals surface area contributed by atoms with Crippen LogP contribution in [0.4, 0.5) is 0 Å². The molecule has 0 unspecified atom stereocenters. The van der Waals surface area contributed by atoms with Crippen LogP contribution in [0.5, 0.6) is 0 Å². The molecule has 1 aliphatic carbocycles. The van der Waals surface area contributed by atoms with Gasteiger partial charge in [0.2, 0.25) is 5.91 Å². The highest BCUT2D eigenvalue weighted by Gasteiger charge is 2.42. The Balaban J connectivity index is 1.51. The van der Waals surface area contributed by atoms with Crippen molar-refractivity contribution in [1.29, 1.82) is 0 Å². The summed E-state index contributed by atoms with van der Waals surface area (Å²) in [4.78, 5) is 45.8. The fraction of sp³-hybridized carbons (Fsp3) is 0.441. The Bertz CT molecular complexity index is 1560. The van der Waals surface area contributed by atoms with Crippen molar-refractivity contribution < 1.29 is 28.1 Å². The largest absolute Gasteiger partial charge is 0.466 e. The van der Waals surface area contributed by atoms with Gasteiger partial charge in [0, 0.05) is 70.2 Å². The number of halogens is 2. The van der Waals surface area contributed by atoms with Crippen LogP contribution in [0.1, 0.15) is 43.6 Å². The molecule has 47 heavy (non-hydrogen) atoms. The molecule has 252 valence electrons. The molecule has 1 saturated heterocycles. The summed E-state index contributed by atoms with van der Waals surface area (Å²) in [7, 11) is 0.829. The maximum atomic E-state index is 13.9. The summed E-state index contributed by atoms with van der Waals surface area (Å²) in [6.07, 6.45) is 3.94. The molecule has 10 nitrogen and oxygen atoms in total. The molecule has 1 saturated carbocycles. The SMILES string of the molecule is COC(=O)C1=C(CC(=O)N2CCN(C3CCC(N)CC3)CC2)NC(C[S@](=O)c2ccccc2)=C(C(=O)OC)[C@H]1c1c(Cl)cccc1Cl. The lowest BCUT2D eigenvalue weighted by molar-refractivity contribution is -0.137. The van der Waals surface area contributed by atoms with Gasteiger partial charge in [0.1, 0.15) is 0 Å². The lowest BCUT2D eigenvalue weighted by Crippen LogP contribution is -2.53. The molecule has 5 rings (SSSR count). The highest BCUT2D eigenvalue weighted by Crippen LogP contribution is 2.45. The number of nitrogens with one attached hydrogen (secondary N) is 1. The van der Waals surface area contributed by atoms with Gasteiger partial charge in [-0.25, -0.2) is 9.59 Å². The third-order valence-corrected chi connectivity index (χ3v) is 11.2. The number of ether oxygens (including phenoxy) is 2. The smallest absolute Gasteiger partial charge is 0.336 e. The monoisotopic (exact) mass is 702 g/mol. The van der Waals surface area contributed by atoms with E-state index in [1.165, 1.54) is 14.2 Å². The Morgan fingerprint density at radius 3 is 2.00 bits per heavy atom. The minimum absolute atomic E-state index is 0.00248. The summed E-state index contributed by atoms with van der Waals surface area (Å²) >= 11 is 13.4. The summed E-state index contributed by atoms with van der Waals surface area (Å²) in [6.45, 7) is 2.56. The standard InChI is InChI=1S/C34H40Cl2N4O6S/c1-45-33(42)30-26(19-28(41)40-17-15-39(16-18-40)22-13-11-21(37)12-14-22)38-27(20-47(44)23-7-4-3-5-8-23)31(34(43)46-2)32(30)29-24(35)9-6-10-25(29)36/h3-10,21-22,32,38H,11-20,37H2,1-2H3/t21?,22?,32-,47-/m0/s1. The van der Waals surface area contributed by atoms with Gasteiger partial charge in [-0.1, -0.05) is 47.5 Å². The number of esters is 2. The highest BCUT2D eigenvalue weighted by atomic mass is 35.5. The Hall–Kier alpha value is -3.22. The number of amides is 1. The average Bonchev–Trinajstić information content (AvgIpc) is 3.08. The molecular weight excluding hydrogens is 663 g/mol. The maximum Gasteiger partial charge on any atom is 0.336 e. The van der Waals surface area contributed by atoms with Gasteiger partial charge in [-0.2, -0.15) is 0 Å². The molecule has 2 heterocycles. The molecule has 2 aromatic rings. The number of carbonyl (C=O) groups is 3. The lowest BCUT2D eigenvalue weighted by Gasteiger charge is -2.42. The number of dihydropyridines is 1. The first kappa shape index (κ1) is 35.1. The van der Waals surface area contributed by atoms with Crippen LogP contribution in [-0.4, -0.2) is 90.1 Å². The van der Waals surface area contributed by atoms with Crippen molar-refractivity contribution in [3.05, 3.63) is 86.7 Å². The van der Waals surface area contributed by atoms with Crippen molar-refractivity contribution in [3.63, 3.8) is 0 Å². The van der Waals surface area contributed by atoms with E-state index < -0.39 is 28.7 Å². The fourth-order valence-electron chi connectivity index (χ4n) is 6.69. The lowest BCUT2D eigenvalue weighted by atomic mass is 9.79. The van der Waals surface area contributed by atoms with Crippen LogP contribution in [0, 0.1) is 0 Å². The number of carbonyl (C=O) groups excluding carboxylic acids is 3. The van der Waals surface area contributed by atoms with Gasteiger partial charge >= 0.3 is 11.9 Å². The van der Waals surface area contributed by atoms with Gasteiger partial charge < -0.3 is 25.4 Å². The van der Waals surface area contributed by atoms with Crippen LogP contribution in [-0.2, 0) is 34.7 Å². The molecule has 2 aliphatic heterocycles. The van der Waals surface area contributed by atoms with E-state index in [4.69, 9.17) is 38.4 Å². The molecule has 13 heteroatoms. The third-order valence-electron chi connectivity index (χ3n) is 9.16. The van der Waals surface area contributed by atoms with E-state index in [-0.39, 0.29) is 62.3 Å². The summed E-state index contributed by atoms with van der Waals surface area (Å²) in [6, 6.07) is 14.4. The van der Waals surface area contributed by atoms with Crippen LogP contribution < -0.4 is 11.1 Å². The summed E-state index contributed by atoms with van der Waals surface area (Å²) < 4.78 is 24.0. The van der Waals surface area contributed by atoms with Gasteiger partial charge in [-0.05, 0) is 49.9 Å². The number of methoxy groups -OCH3 is 2. The number of piperazine rings is 1. The highest BCUT2D eigenvalue weighted by molar-refractivity contribution is 7.85. The van der Waals surface area contributed by atoms with Crippen LogP contribution in [0.15, 0.2) is 76.0 Å². The minimum atomic E-state index is -1.61. The molecule has 1 amide bonds. The van der Waals surface area contributed by atoms with Crippen LogP contribution >= 0.6 is 23.2 Å². The molecule has 0 spiro atoms. The van der Waals surface area contributed by atoms with Crippen molar-refractivity contribution >= 4 is 51.8 Å². The second kappa shape index (κ2) is 15.8. The Morgan fingerprint density at radius 1 is 0.851 bits per heavy atom. The summed E-state index contributed by atoms with van der Waals surface area (Å²) in [5.41, 5.74) is 6.84. The van der Waals surface area contributed by atoms with E-state index in [2.05, 4.69) is 10.2 Å². The first-order chi connectivity index (χ1) is 22.6. The third kappa shape index (κ3) is 7.92. The minimum Gasteiger partial charge on any atom is -0.466 e. The summed E-state index contributed by atoms with van der Waals surface area (Å²) in [5, 5.41) is 3.56. The van der Waals surface area contributed by atoms with E-state index in [9.17, 15) is 18.6 Å². The quantitative estimate of drug-likeness (QED) is 0.370. The second-order valence-corrected chi connectivity index (χ2v) is 14.2. The average molecular weight is 704 g/mol. The Kier molecular flexibility index (Phi) is 11.8. The van der Waals surface area contributed by atoms with Crippen molar-refractivity contribution in [1.82, 2.24) is 15.1 Å². The Morgan fingerprint density at radius 2 is 1.43 bits per heavy atom. The zero-order chi connectivity index (χ0) is 33.7. The number of hydrogen-bond donors (Lipinski definition) is 2. The van der Waals surface area contributed by atoms with E-state index in [0.717, 1.165) is 38.8 Å². The van der Waals surface area contributed by atoms with E-state index in [1.54, 1.807) is 47.4 Å². The topological polar surface area (TPSA) is 131 Å². The number of nitrogens with two attached hydrogens (primary N) is 1. The molecule has 3 aliphatic rings. The van der Waals surface area contributed by atoms with E-state index in [0.29, 0.717) is 24.0 Å². The van der Waals surface area contributed by atoms with Crippen LogP contribution in [0.25, 0.3) is 0 Å². The van der Waals surface area contributed by atoms with Gasteiger partial charge in [-0.3, -0.25) is 13.9 Å². The van der Waals surface area contributed by atoms with E-state index in [1.807, 2.05) is 6.07 Å². The van der Waals surface area contributed by atoms with Gasteiger partial charge in [0.15, 0.2) is 0 Å². The fourth-order valence-corrected chi connectivity index (χ4v) is 8.43. The first-order valence-electron chi connectivity index (χ1n) is 15.7. The number of nitrogens with zero attached hydrogens (tertiary/aromatic N) is 2. The van der Waals surface area contributed by atoms with E-state index >= 15 is 0 Å². The summed E-state index contributed by atoms with van der Waals surface area (Å²) in [5.74, 6) is -3.05. The van der Waals surface area contributed by atoms with Crippen molar-refractivity contribution in [2.45, 2.75) is 55.0 Å². The van der Waals surface area contributed by atoms with Gasteiger partial charge in [-0.15, -0.1) is 0 Å². The molecule has 0 radical (unpaired) electrons. The second-order valence-electron chi connectivity index (χ2n) is 11.9. The zero-order valence-electron chi connectivity index (χ0n) is 26.5. The number of hydrogen-bond acceptors (Lipinski definition) is 9. The van der Waals surface area contributed by atoms with Crippen LogP contribution in [0.2, 0.25) is 10.0 Å². The molecule has 3 N–H and O–H groups in total. The van der Waals surface area contributed by atoms with Crippen molar-refractivity contribution in [2.75, 3.05) is 46.2 Å². The molecule has 0 bridgehead atoms. The zero-order valence-corrected chi connectivity index (χ0v) is 28.8. The predicted octanol–water partition coefficient (Wildman–Crippen LogP) is 4.15. The van der Waals surface area contributed by atoms with Crippen molar-refractivity contribution in [2.24, 2.45) is 5.73 Å². The van der Waals surface area contributed by atoms with Crippen molar-refractivity contribution in [3.8, 4) is 0 Å². The normalized spacial score (nSPS) is 22.8. The number of benzene rings is 2. The first-order valence-corrected chi connectivity index (χ1v) is 17.7. The van der Waals surface area contributed by atoms with Gasteiger partial charge in [0.05, 0.1) is 54.3 Å². The van der Waals surface area contributed by atoms with Gasteiger partial charge in [0.25, 0.3) is 0 Å². The molecule has 2 aromatic carbocycles. The predicted molar refractivity (Wildman–Crippen MR) is 181 cm³/mol. The molecule has 2 fully saturated rings. The number of rotatable bonds is 9. The molecular formula is C34H40Cl2N4O6S. The maximum absolute atomic E-state index is 13.9. The molecule has 2 atom stereocenters. The molecule has 0 aromatic heterocycles. The Labute approximate surface area is 287 Å².